The zero-order valence-corrected chi connectivity index (χ0v) is 57.8. The molecule has 5 rings (SSSR count). The lowest BCUT2D eigenvalue weighted by Crippen LogP contribution is -2.66. The number of nitrogens with one attached hydrogen (secondary N) is 3. The molecule has 2 fully saturated rings. The van der Waals surface area contributed by atoms with Crippen molar-refractivity contribution in [2.45, 2.75) is 194 Å². The molecule has 2 aliphatic rings. The van der Waals surface area contributed by atoms with Gasteiger partial charge in [0.1, 0.15) is 41.6 Å². The van der Waals surface area contributed by atoms with Crippen LogP contribution in [0, 0.1) is 16.7 Å². The van der Waals surface area contributed by atoms with Crippen molar-refractivity contribution in [3.8, 4) is 23.3 Å². The molecule has 520 valence electrons. The topological polar surface area (TPSA) is 287 Å². The Labute approximate surface area is 556 Å². The van der Waals surface area contributed by atoms with Crippen molar-refractivity contribution in [3.63, 3.8) is 0 Å². The normalized spacial score (nSPS) is 18.1. The third-order valence-electron chi connectivity index (χ3n) is 16.3. The summed E-state index contributed by atoms with van der Waals surface area (Å²) in [6.45, 7) is 15.7. The van der Waals surface area contributed by atoms with Crippen LogP contribution in [-0.2, 0) is 76.6 Å². The van der Waals surface area contributed by atoms with Crippen LogP contribution >= 0.6 is 8.53 Å². The third-order valence-corrected chi connectivity index (χ3v) is 18.4. The molecule has 0 aliphatic carbocycles. The molecule has 3 aromatic rings. The van der Waals surface area contributed by atoms with Crippen LogP contribution in [0.1, 0.15) is 162 Å². The zero-order chi connectivity index (χ0) is 68.6. The average molecular weight is 1330 g/mol. The first-order valence-corrected chi connectivity index (χ1v) is 33.8. The standard InChI is InChI=1S/C69H101N6O18P/c1-48(2)75(49(3)4)94(89-44-20-38-70)90-47-68(46-88-69(54-24-30-57(83-9)31-25-54,55-26-32-58(84-10)33-27-55)56-28-34-59(85-11)35-29-56)36-41-74(42-37-68)63(82)23-15-13-18-40-71-61(80)21-14-12-17-39-72-62(81)22-16-19-43-86-67-64(73-50(5)76)66(92-53(8)79)65(91-52(7)78)60(93-67)45-87-51(6)77/h24-35,48-49,60,64-67H,12-23,36-37,39-47H2,1-11H3,(H,71,80)(H,72,81)(H,73,76). The van der Waals surface area contributed by atoms with E-state index < -0.39 is 74.0 Å². The Balaban J connectivity index is 1.09. The number of benzene rings is 3. The van der Waals surface area contributed by atoms with Crippen LogP contribution < -0.4 is 30.2 Å². The van der Waals surface area contributed by atoms with Crippen molar-refractivity contribution in [3.05, 3.63) is 89.5 Å². The summed E-state index contributed by atoms with van der Waals surface area (Å²) in [6.07, 6.45) is 2.79. The number of esters is 3. The Morgan fingerprint density at radius 3 is 1.59 bits per heavy atom. The van der Waals surface area contributed by atoms with E-state index in [1.807, 2.05) is 77.7 Å². The molecule has 2 aliphatic heterocycles. The number of nitriles is 1. The second kappa shape index (κ2) is 40.4. The molecule has 4 amide bonds. The van der Waals surface area contributed by atoms with Gasteiger partial charge in [-0.3, -0.25) is 33.6 Å². The van der Waals surface area contributed by atoms with E-state index in [0.717, 1.165) is 49.8 Å². The summed E-state index contributed by atoms with van der Waals surface area (Å²) in [4.78, 5) is 89.3. The lowest BCUT2D eigenvalue weighted by molar-refractivity contribution is -0.277. The van der Waals surface area contributed by atoms with Gasteiger partial charge in [-0.05, 0) is 132 Å². The summed E-state index contributed by atoms with van der Waals surface area (Å²) in [5.74, 6) is -0.548. The van der Waals surface area contributed by atoms with Crippen LogP contribution in [-0.4, -0.2) is 174 Å². The molecule has 0 aromatic heterocycles. The Hall–Kier alpha value is -6.97. The number of hydrogen-bond acceptors (Lipinski definition) is 20. The summed E-state index contributed by atoms with van der Waals surface area (Å²) in [6, 6.07) is 25.0. The minimum Gasteiger partial charge on any atom is -0.497 e. The number of piperidine rings is 1. The fraction of sp³-hybridized carbons (Fsp3) is 0.623. The second-order valence-corrected chi connectivity index (χ2v) is 25.7. The van der Waals surface area contributed by atoms with E-state index in [0.29, 0.717) is 101 Å². The highest BCUT2D eigenvalue weighted by Gasteiger charge is 2.52. The van der Waals surface area contributed by atoms with Crippen molar-refractivity contribution in [1.29, 1.82) is 5.26 Å². The largest absolute Gasteiger partial charge is 0.497 e. The van der Waals surface area contributed by atoms with Gasteiger partial charge in [0.25, 0.3) is 8.53 Å². The molecule has 24 nitrogen and oxygen atoms in total. The van der Waals surface area contributed by atoms with Crippen LogP contribution in [0.2, 0.25) is 0 Å². The molecule has 0 bridgehead atoms. The van der Waals surface area contributed by atoms with Crippen LogP contribution in [0.5, 0.6) is 17.2 Å². The van der Waals surface area contributed by atoms with Gasteiger partial charge in [-0.15, -0.1) is 0 Å². The van der Waals surface area contributed by atoms with Crippen molar-refractivity contribution < 1.29 is 85.2 Å². The average Bonchev–Trinajstić information content (AvgIpc) is 0.754. The van der Waals surface area contributed by atoms with E-state index in [1.165, 1.54) is 13.8 Å². The predicted molar refractivity (Wildman–Crippen MR) is 351 cm³/mol. The first kappa shape index (κ1) is 77.7. The first-order valence-electron chi connectivity index (χ1n) is 32.7. The summed E-state index contributed by atoms with van der Waals surface area (Å²) >= 11 is 0. The third kappa shape index (κ3) is 24.7. The molecule has 2 saturated heterocycles. The molecule has 6 atom stereocenters. The maximum Gasteiger partial charge on any atom is 0.303 e. The van der Waals surface area contributed by atoms with Crippen molar-refractivity contribution in [1.82, 2.24) is 25.5 Å². The number of amides is 4. The Morgan fingerprint density at radius 1 is 0.638 bits per heavy atom. The Bertz CT molecular complexity index is 2740. The van der Waals surface area contributed by atoms with Gasteiger partial charge < -0.3 is 72.5 Å². The van der Waals surface area contributed by atoms with Gasteiger partial charge >= 0.3 is 17.9 Å². The van der Waals surface area contributed by atoms with Crippen molar-refractivity contribution >= 4 is 50.1 Å². The summed E-state index contributed by atoms with van der Waals surface area (Å²) < 4.78 is 68.1. The smallest absolute Gasteiger partial charge is 0.303 e. The molecule has 3 N–H and O–H groups in total. The van der Waals surface area contributed by atoms with E-state index in [-0.39, 0.29) is 75.7 Å². The molecule has 3 aromatic carbocycles. The highest BCUT2D eigenvalue weighted by molar-refractivity contribution is 7.44. The Kier molecular flexibility index (Phi) is 33.4. The first-order chi connectivity index (χ1) is 45.1. The lowest BCUT2D eigenvalue weighted by atomic mass is 9.77. The molecule has 0 spiro atoms. The monoisotopic (exact) mass is 1330 g/mol. The van der Waals surface area contributed by atoms with Crippen LogP contribution in [0.15, 0.2) is 72.8 Å². The fourth-order valence-electron chi connectivity index (χ4n) is 11.5. The number of unbranched alkanes of at least 4 members (excludes halogenated alkanes) is 5. The number of likely N-dealkylation sites (tertiary alicyclic amines) is 1. The van der Waals surface area contributed by atoms with Crippen LogP contribution in [0.4, 0.5) is 0 Å². The quantitative estimate of drug-likeness (QED) is 0.0157. The minimum absolute atomic E-state index is 0.0446. The molecular formula is C69H101N6O18P. The summed E-state index contributed by atoms with van der Waals surface area (Å²) in [5.41, 5.74) is 0.893. The number of ether oxygens (including phenoxy) is 9. The van der Waals surface area contributed by atoms with E-state index >= 15 is 0 Å². The molecule has 25 heteroatoms. The van der Waals surface area contributed by atoms with Gasteiger partial charge in [0.15, 0.2) is 18.5 Å². The van der Waals surface area contributed by atoms with E-state index in [1.54, 1.807) is 21.3 Å². The van der Waals surface area contributed by atoms with E-state index in [9.17, 15) is 38.8 Å². The van der Waals surface area contributed by atoms with Gasteiger partial charge in [-0.2, -0.15) is 5.26 Å². The molecule has 2 heterocycles. The second-order valence-electron chi connectivity index (χ2n) is 24.2. The number of rotatable bonds is 41. The molecule has 0 saturated carbocycles. The van der Waals surface area contributed by atoms with Gasteiger partial charge in [-0.1, -0.05) is 49.2 Å². The SMILES string of the molecule is COc1ccc(C(OCC2(COP(OCCC#N)N(C(C)C)C(C)C)CCN(C(=O)CCCCCNC(=O)CCCCCNC(=O)CCCCOC3OC(COC(C)=O)C(OC(C)=O)C(OC(C)=O)C3NC(C)=O)CC2)(c2ccc(OC)cc2)c2ccc(OC)cc2)cc1. The van der Waals surface area contributed by atoms with Gasteiger partial charge in [0.05, 0.1) is 53.6 Å². The summed E-state index contributed by atoms with van der Waals surface area (Å²) in [5, 5.41) is 18.0. The Morgan fingerprint density at radius 2 is 1.13 bits per heavy atom. The maximum atomic E-state index is 14.0. The van der Waals surface area contributed by atoms with Crippen molar-refractivity contribution in [2.75, 3.05) is 80.5 Å². The molecular weight excluding hydrogens is 1230 g/mol. The van der Waals surface area contributed by atoms with Crippen molar-refractivity contribution in [2.24, 2.45) is 5.41 Å². The number of carbonyl (C=O) groups excluding carboxylic acids is 7. The maximum absolute atomic E-state index is 14.0. The van der Waals surface area contributed by atoms with E-state index in [2.05, 4.69) is 54.4 Å². The van der Waals surface area contributed by atoms with Crippen LogP contribution in [0.25, 0.3) is 0 Å². The molecule has 6 unspecified atom stereocenters. The lowest BCUT2D eigenvalue weighted by Gasteiger charge is -2.46. The van der Waals surface area contributed by atoms with Gasteiger partial charge in [0, 0.05) is 97.2 Å². The number of carbonyl (C=O) groups is 7. The van der Waals surface area contributed by atoms with E-state index in [4.69, 9.17) is 51.7 Å². The van der Waals surface area contributed by atoms with Gasteiger partial charge in [-0.25, -0.2) is 4.67 Å². The van der Waals surface area contributed by atoms with Crippen LogP contribution in [0.3, 0.4) is 0 Å². The minimum atomic E-state index is -1.59. The number of hydrogen-bond donors (Lipinski definition) is 3. The highest BCUT2D eigenvalue weighted by atomic mass is 31.2. The molecule has 94 heavy (non-hydrogen) atoms. The summed E-state index contributed by atoms with van der Waals surface area (Å²) in [7, 11) is 3.32. The molecule has 0 radical (unpaired) electrons. The zero-order valence-electron chi connectivity index (χ0n) is 56.9. The van der Waals surface area contributed by atoms with Gasteiger partial charge in [0.2, 0.25) is 23.6 Å². The highest BCUT2D eigenvalue weighted by Crippen LogP contribution is 2.50. The number of nitrogens with zero attached hydrogens (tertiary/aromatic N) is 3. The predicted octanol–water partition coefficient (Wildman–Crippen LogP) is 9.12. The number of methoxy groups -OCH3 is 3. The fourth-order valence-corrected chi connectivity index (χ4v) is 13.3.